The average molecular weight is 224 g/mol. The molecule has 2 aromatic rings. The molecule has 0 saturated carbocycles. The first-order chi connectivity index (χ1) is 7.75. The molecule has 0 aliphatic rings. The first-order valence-electron chi connectivity index (χ1n) is 4.83. The molecule has 2 rings (SSSR count). The molecule has 0 saturated heterocycles. The Hall–Kier alpha value is -1.94. The number of hydrogen-bond acceptors (Lipinski definition) is 3. The lowest BCUT2D eigenvalue weighted by atomic mass is 10.3. The minimum Gasteiger partial charge on any atom is -0.399 e. The molecule has 16 heavy (non-hydrogen) atoms. The predicted molar refractivity (Wildman–Crippen MR) is 66.9 cm³/mol. The molecule has 0 unspecified atom stereocenters. The Labute approximate surface area is 97.4 Å². The Kier molecular flexibility index (Phi) is 3.12. The topological polar surface area (TPSA) is 50.7 Å². The molecule has 3 radical (unpaired) electrons. The highest BCUT2D eigenvalue weighted by molar-refractivity contribution is 6.35. The zero-order chi connectivity index (χ0) is 11.4. The van der Waals surface area contributed by atoms with Gasteiger partial charge in [0.2, 0.25) is 0 Å². The van der Waals surface area contributed by atoms with Gasteiger partial charge in [-0.3, -0.25) is 0 Å². The summed E-state index contributed by atoms with van der Waals surface area (Å²) in [5, 5.41) is 9.18. The maximum atomic E-state index is 5.58. The molecule has 2 N–H and O–H groups in total. The van der Waals surface area contributed by atoms with Gasteiger partial charge in [-0.25, -0.2) is 0 Å². The lowest BCUT2D eigenvalue weighted by molar-refractivity contribution is 1.24. The van der Waals surface area contributed by atoms with Gasteiger partial charge in [-0.2, -0.15) is 10.2 Å². The number of nitrogens with zero attached hydrogens (tertiary/aromatic N) is 2. The van der Waals surface area contributed by atoms with E-state index in [-0.39, 0.29) is 0 Å². The molecule has 0 bridgehead atoms. The summed E-state index contributed by atoms with van der Waals surface area (Å²) in [5.41, 5.74) is 7.88. The molecule has 0 aliphatic carbocycles. The van der Waals surface area contributed by atoms with E-state index in [1.807, 2.05) is 36.4 Å². The van der Waals surface area contributed by atoms with Crippen LogP contribution < -0.4 is 10.9 Å². The van der Waals surface area contributed by atoms with E-state index in [9.17, 15) is 0 Å². The smallest absolute Gasteiger partial charge is 0.0858 e. The van der Waals surface area contributed by atoms with Crippen molar-refractivity contribution in [1.82, 2.24) is 0 Å². The summed E-state index contributed by atoms with van der Waals surface area (Å²) < 4.78 is 0. The van der Waals surface area contributed by atoms with Crippen molar-refractivity contribution < 1.29 is 0 Å². The number of benzene rings is 2. The van der Waals surface area contributed by atoms with E-state index in [1.165, 1.54) is 0 Å². The lowest BCUT2D eigenvalue weighted by Gasteiger charge is -1.97. The Morgan fingerprint density at radius 1 is 0.875 bits per heavy atom. The third kappa shape index (κ3) is 2.55. The van der Waals surface area contributed by atoms with Crippen molar-refractivity contribution in [1.29, 1.82) is 0 Å². The van der Waals surface area contributed by atoms with E-state index < -0.39 is 0 Å². The number of azo groups is 1. The standard InChI is InChI=1S/C12H10N3Si/c13-9-5-7-10(8-6-9)14-15-11-3-1-2-4-12(11)16/h1-8H,13H2. The van der Waals surface area contributed by atoms with Gasteiger partial charge in [0.15, 0.2) is 0 Å². The molecule has 77 valence electrons. The molecule has 0 spiro atoms. The minimum absolute atomic E-state index is 0.722. The van der Waals surface area contributed by atoms with E-state index in [1.54, 1.807) is 12.1 Å². The molecule has 0 atom stereocenters. The van der Waals surface area contributed by atoms with Crippen molar-refractivity contribution in [2.24, 2.45) is 10.2 Å². The maximum absolute atomic E-state index is 5.58. The average Bonchev–Trinajstić information content (AvgIpc) is 2.30. The second kappa shape index (κ2) is 4.72. The molecule has 4 heteroatoms. The summed E-state index contributed by atoms with van der Waals surface area (Å²) in [6.45, 7) is 0. The fourth-order valence-electron chi connectivity index (χ4n) is 1.21. The van der Waals surface area contributed by atoms with Crippen LogP contribution in [0.1, 0.15) is 0 Å². The molecule has 0 fully saturated rings. The van der Waals surface area contributed by atoms with Crippen LogP contribution in [0.5, 0.6) is 0 Å². The van der Waals surface area contributed by atoms with E-state index >= 15 is 0 Å². The van der Waals surface area contributed by atoms with Crippen LogP contribution in [-0.2, 0) is 0 Å². The van der Waals surface area contributed by atoms with E-state index in [4.69, 9.17) is 5.73 Å². The molecular weight excluding hydrogens is 214 g/mol. The zero-order valence-electron chi connectivity index (χ0n) is 8.59. The third-order valence-electron chi connectivity index (χ3n) is 2.07. The fraction of sp³-hybridized carbons (Fsp3) is 0. The van der Waals surface area contributed by atoms with E-state index in [0.717, 1.165) is 22.2 Å². The Bertz CT molecular complexity index is 506. The van der Waals surface area contributed by atoms with Crippen LogP contribution in [0.4, 0.5) is 17.1 Å². The van der Waals surface area contributed by atoms with Gasteiger partial charge in [0.25, 0.3) is 0 Å². The molecule has 0 heterocycles. The van der Waals surface area contributed by atoms with Gasteiger partial charge in [0.05, 0.1) is 21.6 Å². The van der Waals surface area contributed by atoms with Crippen LogP contribution in [0.15, 0.2) is 58.8 Å². The van der Waals surface area contributed by atoms with Crippen molar-refractivity contribution >= 4 is 32.5 Å². The number of rotatable bonds is 2. The van der Waals surface area contributed by atoms with Crippen LogP contribution in [0.3, 0.4) is 0 Å². The first kappa shape index (κ1) is 10.6. The van der Waals surface area contributed by atoms with Gasteiger partial charge in [-0.15, -0.1) is 0 Å². The molecule has 0 aliphatic heterocycles. The van der Waals surface area contributed by atoms with Crippen LogP contribution in [0.2, 0.25) is 0 Å². The minimum atomic E-state index is 0.722. The third-order valence-corrected chi connectivity index (χ3v) is 2.49. The highest BCUT2D eigenvalue weighted by Crippen LogP contribution is 2.17. The van der Waals surface area contributed by atoms with Gasteiger partial charge in [-0.1, -0.05) is 18.2 Å². The Morgan fingerprint density at radius 3 is 2.25 bits per heavy atom. The summed E-state index contributed by atoms with van der Waals surface area (Å²) in [4.78, 5) is 0. The highest BCUT2D eigenvalue weighted by atomic mass is 28.1. The number of nitrogen functional groups attached to an aromatic ring is 1. The van der Waals surface area contributed by atoms with Crippen molar-refractivity contribution in [3.63, 3.8) is 0 Å². The van der Waals surface area contributed by atoms with Gasteiger partial charge in [0, 0.05) is 5.69 Å². The van der Waals surface area contributed by atoms with Crippen LogP contribution in [-0.4, -0.2) is 10.2 Å². The Morgan fingerprint density at radius 2 is 1.56 bits per heavy atom. The zero-order valence-corrected chi connectivity index (χ0v) is 9.59. The number of nitrogens with two attached hydrogens (primary N) is 1. The van der Waals surface area contributed by atoms with Crippen molar-refractivity contribution in [2.75, 3.05) is 5.73 Å². The van der Waals surface area contributed by atoms with Crippen LogP contribution in [0, 0.1) is 0 Å². The van der Waals surface area contributed by atoms with Crippen molar-refractivity contribution in [3.8, 4) is 0 Å². The van der Waals surface area contributed by atoms with E-state index in [0.29, 0.717) is 0 Å². The van der Waals surface area contributed by atoms with Gasteiger partial charge in [0.1, 0.15) is 0 Å². The van der Waals surface area contributed by atoms with Gasteiger partial charge < -0.3 is 5.73 Å². The Balaban J connectivity index is 2.21. The molecule has 3 nitrogen and oxygen atoms in total. The van der Waals surface area contributed by atoms with Crippen LogP contribution >= 0.6 is 0 Å². The number of anilines is 1. The van der Waals surface area contributed by atoms with Crippen molar-refractivity contribution in [3.05, 3.63) is 48.5 Å². The molecular formula is C12H10N3Si. The van der Waals surface area contributed by atoms with Crippen molar-refractivity contribution in [2.45, 2.75) is 0 Å². The summed E-state index contributed by atoms with van der Waals surface area (Å²) in [7, 11) is 3.46. The fourth-order valence-corrected chi connectivity index (χ4v) is 1.44. The largest absolute Gasteiger partial charge is 0.399 e. The van der Waals surface area contributed by atoms with Crippen LogP contribution in [0.25, 0.3) is 0 Å². The monoisotopic (exact) mass is 224 g/mol. The SMILES string of the molecule is Nc1ccc(N=Nc2ccccc2[Si])cc1. The maximum Gasteiger partial charge on any atom is 0.0858 e. The lowest BCUT2D eigenvalue weighted by Crippen LogP contribution is -2.00. The second-order valence-corrected chi connectivity index (χ2v) is 3.85. The highest BCUT2D eigenvalue weighted by Gasteiger charge is 1.94. The first-order valence-corrected chi connectivity index (χ1v) is 5.33. The van der Waals surface area contributed by atoms with Gasteiger partial charge in [-0.05, 0) is 35.5 Å². The number of hydrogen-bond donors (Lipinski definition) is 1. The normalized spacial score (nSPS) is 10.8. The quantitative estimate of drug-likeness (QED) is 0.475. The van der Waals surface area contributed by atoms with E-state index in [2.05, 4.69) is 20.5 Å². The van der Waals surface area contributed by atoms with Gasteiger partial charge >= 0.3 is 0 Å². The molecule has 0 amide bonds. The second-order valence-electron chi connectivity index (χ2n) is 3.31. The predicted octanol–water partition coefficient (Wildman–Crippen LogP) is 2.48. The molecule has 0 aromatic heterocycles. The summed E-state index contributed by atoms with van der Waals surface area (Å²) >= 11 is 0. The molecule has 2 aromatic carbocycles. The summed E-state index contributed by atoms with van der Waals surface area (Å²) in [6, 6.07) is 14.9. The summed E-state index contributed by atoms with van der Waals surface area (Å²) in [5.74, 6) is 0. The summed E-state index contributed by atoms with van der Waals surface area (Å²) in [6.07, 6.45) is 0.